The zero-order valence-corrected chi connectivity index (χ0v) is 17.6. The normalized spacial score (nSPS) is 13.1. The third-order valence-corrected chi connectivity index (χ3v) is 5.28. The number of carbonyl (C=O) groups is 2. The van der Waals surface area contributed by atoms with Crippen LogP contribution in [0.2, 0.25) is 10.0 Å². The summed E-state index contributed by atoms with van der Waals surface area (Å²) in [6.07, 6.45) is -1.22. The molecule has 4 N–H and O–H groups in total. The van der Waals surface area contributed by atoms with Crippen LogP contribution in [0.5, 0.6) is 0 Å². The summed E-state index contributed by atoms with van der Waals surface area (Å²) >= 11 is 12.1. The predicted molar refractivity (Wildman–Crippen MR) is 116 cm³/mol. The van der Waals surface area contributed by atoms with Crippen molar-refractivity contribution in [2.45, 2.75) is 18.6 Å². The summed E-state index contributed by atoms with van der Waals surface area (Å²) in [6, 6.07) is 13.3. The number of fused-ring (bicyclic) bond motifs is 1. The topological polar surface area (TPSA) is 103 Å². The lowest BCUT2D eigenvalue weighted by atomic mass is 10.0. The first kappa shape index (κ1) is 22.1. The van der Waals surface area contributed by atoms with Crippen LogP contribution in [-0.2, 0) is 16.0 Å². The largest absolute Gasteiger partial charge is 0.381 e. The van der Waals surface area contributed by atoms with E-state index in [0.717, 1.165) is 5.56 Å². The summed E-state index contributed by atoms with van der Waals surface area (Å²) in [4.78, 5) is 28.1. The van der Waals surface area contributed by atoms with Crippen LogP contribution in [0.1, 0.15) is 16.1 Å². The number of aliphatic hydroxyl groups excluding tert-OH is 1. The number of hydrogen-bond acceptors (Lipinski definition) is 4. The Morgan fingerprint density at radius 2 is 1.83 bits per heavy atom. The first-order valence-corrected chi connectivity index (χ1v) is 9.92. The van der Waals surface area contributed by atoms with Crippen molar-refractivity contribution in [2.75, 3.05) is 13.8 Å². The maximum Gasteiger partial charge on any atom is 0.268 e. The number of benzene rings is 2. The first-order chi connectivity index (χ1) is 14.4. The first-order valence-electron chi connectivity index (χ1n) is 9.16. The highest BCUT2D eigenvalue weighted by molar-refractivity contribution is 6.42. The van der Waals surface area contributed by atoms with E-state index in [1.165, 1.54) is 7.11 Å². The lowest BCUT2D eigenvalue weighted by Crippen LogP contribution is -2.52. The molecule has 3 aromatic rings. The maximum absolute atomic E-state index is 12.9. The van der Waals surface area contributed by atoms with Gasteiger partial charge in [0.15, 0.2) is 6.10 Å². The molecule has 0 fully saturated rings. The van der Waals surface area contributed by atoms with Crippen LogP contribution in [0.4, 0.5) is 0 Å². The van der Waals surface area contributed by atoms with Crippen LogP contribution in [0.15, 0.2) is 48.5 Å². The molecule has 2 amide bonds. The molecule has 0 aliphatic rings. The fourth-order valence-corrected chi connectivity index (χ4v) is 3.37. The van der Waals surface area contributed by atoms with Gasteiger partial charge in [-0.25, -0.2) is 0 Å². The zero-order valence-electron chi connectivity index (χ0n) is 16.1. The SMILES string of the molecule is COCNC(=O)[C@H](O)[C@H](Cc1ccccc1)NC(=O)c1cc2cc(Cl)c(Cl)cc2[nH]1. The van der Waals surface area contributed by atoms with Gasteiger partial charge in [0, 0.05) is 18.0 Å². The number of hydrogen-bond donors (Lipinski definition) is 4. The average molecular weight is 450 g/mol. The van der Waals surface area contributed by atoms with Crippen LogP contribution in [0.25, 0.3) is 10.9 Å². The Kier molecular flexibility index (Phi) is 7.33. The minimum absolute atomic E-state index is 0.0502. The number of amides is 2. The Morgan fingerprint density at radius 1 is 1.13 bits per heavy atom. The molecule has 0 saturated carbocycles. The van der Waals surface area contributed by atoms with E-state index in [0.29, 0.717) is 20.9 Å². The van der Waals surface area contributed by atoms with Gasteiger partial charge in [-0.05, 0) is 30.2 Å². The summed E-state index contributed by atoms with van der Waals surface area (Å²) in [5.41, 5.74) is 1.76. The second kappa shape index (κ2) is 9.95. The summed E-state index contributed by atoms with van der Waals surface area (Å²) in [7, 11) is 1.42. The highest BCUT2D eigenvalue weighted by atomic mass is 35.5. The van der Waals surface area contributed by atoms with E-state index < -0.39 is 24.0 Å². The van der Waals surface area contributed by atoms with Gasteiger partial charge < -0.3 is 25.5 Å². The maximum atomic E-state index is 12.9. The van der Waals surface area contributed by atoms with Gasteiger partial charge >= 0.3 is 0 Å². The van der Waals surface area contributed by atoms with Gasteiger partial charge in [-0.1, -0.05) is 53.5 Å². The third kappa shape index (κ3) is 5.31. The van der Waals surface area contributed by atoms with E-state index in [4.69, 9.17) is 27.9 Å². The number of ether oxygens (including phenoxy) is 1. The third-order valence-electron chi connectivity index (χ3n) is 4.56. The number of halogens is 2. The zero-order chi connectivity index (χ0) is 21.7. The lowest BCUT2D eigenvalue weighted by Gasteiger charge is -2.23. The highest BCUT2D eigenvalue weighted by Gasteiger charge is 2.28. The minimum Gasteiger partial charge on any atom is -0.381 e. The molecule has 0 radical (unpaired) electrons. The molecule has 0 saturated heterocycles. The molecule has 2 aromatic carbocycles. The molecule has 0 aliphatic heterocycles. The molecular weight excluding hydrogens is 429 g/mol. The molecule has 7 nitrogen and oxygen atoms in total. The number of aromatic nitrogens is 1. The minimum atomic E-state index is -1.47. The number of aromatic amines is 1. The van der Waals surface area contributed by atoms with Gasteiger partial charge in [0.1, 0.15) is 12.4 Å². The van der Waals surface area contributed by atoms with Gasteiger partial charge in [0.2, 0.25) is 0 Å². The molecular formula is C21H21Cl2N3O4. The monoisotopic (exact) mass is 449 g/mol. The van der Waals surface area contributed by atoms with E-state index in [-0.39, 0.29) is 18.8 Å². The molecule has 1 aromatic heterocycles. The molecule has 3 rings (SSSR count). The molecule has 30 heavy (non-hydrogen) atoms. The Morgan fingerprint density at radius 3 is 2.53 bits per heavy atom. The fourth-order valence-electron chi connectivity index (χ4n) is 3.04. The molecule has 0 spiro atoms. The molecule has 9 heteroatoms. The molecule has 158 valence electrons. The van der Waals surface area contributed by atoms with Gasteiger partial charge in [-0.3, -0.25) is 9.59 Å². The fraction of sp³-hybridized carbons (Fsp3) is 0.238. The number of H-pyrrole nitrogens is 1. The second-order valence-corrected chi connectivity index (χ2v) is 7.54. The van der Waals surface area contributed by atoms with Crippen LogP contribution in [-0.4, -0.2) is 47.9 Å². The van der Waals surface area contributed by atoms with Crippen molar-refractivity contribution in [3.63, 3.8) is 0 Å². The Bertz CT molecular complexity index is 1000. The van der Waals surface area contributed by atoms with E-state index in [1.807, 2.05) is 30.3 Å². The van der Waals surface area contributed by atoms with Gasteiger partial charge in [0.25, 0.3) is 11.8 Å². The molecule has 2 atom stereocenters. The van der Waals surface area contributed by atoms with E-state index >= 15 is 0 Å². The van der Waals surface area contributed by atoms with Gasteiger partial charge in [-0.2, -0.15) is 0 Å². The second-order valence-electron chi connectivity index (χ2n) is 6.73. The molecule has 0 aliphatic carbocycles. The number of carbonyl (C=O) groups excluding carboxylic acids is 2. The highest BCUT2D eigenvalue weighted by Crippen LogP contribution is 2.28. The predicted octanol–water partition coefficient (Wildman–Crippen LogP) is 2.90. The quantitative estimate of drug-likeness (QED) is 0.397. The van der Waals surface area contributed by atoms with Crippen LogP contribution in [0.3, 0.4) is 0 Å². The number of nitrogens with one attached hydrogen (secondary N) is 3. The smallest absolute Gasteiger partial charge is 0.268 e. The van der Waals surface area contributed by atoms with E-state index in [1.54, 1.807) is 18.2 Å². The van der Waals surface area contributed by atoms with Crippen LogP contribution >= 0.6 is 23.2 Å². The number of rotatable bonds is 8. The van der Waals surface area contributed by atoms with Gasteiger partial charge in [0.05, 0.1) is 16.1 Å². The Balaban J connectivity index is 1.82. The van der Waals surface area contributed by atoms with E-state index in [2.05, 4.69) is 15.6 Å². The van der Waals surface area contributed by atoms with Crippen molar-refractivity contribution >= 4 is 45.9 Å². The molecule has 0 bridgehead atoms. The van der Waals surface area contributed by atoms with E-state index in [9.17, 15) is 14.7 Å². The average Bonchev–Trinajstić information content (AvgIpc) is 3.14. The van der Waals surface area contributed by atoms with Gasteiger partial charge in [-0.15, -0.1) is 0 Å². The number of aliphatic hydroxyl groups is 1. The summed E-state index contributed by atoms with van der Waals surface area (Å²) in [5.74, 6) is -1.12. The van der Waals surface area contributed by atoms with Crippen LogP contribution < -0.4 is 10.6 Å². The standard InChI is InChI=1S/C21H21Cl2N3O4/c1-30-11-24-21(29)19(27)17(7-12-5-3-2-4-6-12)26-20(28)18-9-13-8-14(22)15(23)10-16(13)25-18/h2-6,8-10,17,19,25,27H,7,11H2,1H3,(H,24,29)(H,26,28)/t17-,19+/m0/s1. The van der Waals surface area contributed by atoms with Crippen molar-refractivity contribution in [1.29, 1.82) is 0 Å². The molecule has 1 heterocycles. The van der Waals surface area contributed by atoms with Crippen molar-refractivity contribution in [1.82, 2.24) is 15.6 Å². The Labute approximate surface area is 183 Å². The van der Waals surface area contributed by atoms with Crippen molar-refractivity contribution < 1.29 is 19.4 Å². The lowest BCUT2D eigenvalue weighted by molar-refractivity contribution is -0.132. The summed E-state index contributed by atoms with van der Waals surface area (Å²) in [6.45, 7) is -0.0502. The summed E-state index contributed by atoms with van der Waals surface area (Å²) in [5, 5.41) is 17.2. The van der Waals surface area contributed by atoms with Crippen molar-refractivity contribution in [3.8, 4) is 0 Å². The van der Waals surface area contributed by atoms with Crippen LogP contribution in [0, 0.1) is 0 Å². The van der Waals surface area contributed by atoms with Crippen molar-refractivity contribution in [2.24, 2.45) is 0 Å². The molecule has 0 unspecified atom stereocenters. The summed E-state index contributed by atoms with van der Waals surface area (Å²) < 4.78 is 4.81. The van der Waals surface area contributed by atoms with Crippen molar-refractivity contribution in [3.05, 3.63) is 69.8 Å². The number of methoxy groups -OCH3 is 1. The Hall–Kier alpha value is -2.58.